The third kappa shape index (κ3) is 12.6. The number of rotatable bonds is 12. The molecular weight excluding hydrogens is 240 g/mol. The molecule has 1 atom stereocenters. The van der Waals surface area contributed by atoms with E-state index in [1.54, 1.807) is 7.11 Å². The van der Waals surface area contributed by atoms with Crippen molar-refractivity contribution in [2.45, 2.75) is 71.5 Å². The van der Waals surface area contributed by atoms with Crippen LogP contribution in [-0.4, -0.2) is 28.6 Å². The molecule has 0 aliphatic carbocycles. The Labute approximate surface area is 116 Å². The Kier molecular flexibility index (Phi) is 11.1. The zero-order valence-corrected chi connectivity index (χ0v) is 14.3. The van der Waals surface area contributed by atoms with Crippen molar-refractivity contribution in [1.29, 1.82) is 0 Å². The van der Waals surface area contributed by atoms with Gasteiger partial charge in [0.05, 0.1) is 0 Å². The summed E-state index contributed by atoms with van der Waals surface area (Å²) in [5, 5.41) is 0. The Balaban J connectivity index is 3.76. The van der Waals surface area contributed by atoms with E-state index in [9.17, 15) is 0 Å². The Morgan fingerprint density at radius 1 is 0.889 bits per heavy atom. The van der Waals surface area contributed by atoms with Crippen LogP contribution in [0.2, 0.25) is 19.6 Å². The summed E-state index contributed by atoms with van der Waals surface area (Å²) in [7, 11) is 0.468. The summed E-state index contributed by atoms with van der Waals surface area (Å²) in [6.45, 7) is 10.9. The van der Waals surface area contributed by atoms with Crippen molar-refractivity contribution in [1.82, 2.24) is 0 Å². The molecule has 3 heteroatoms. The van der Waals surface area contributed by atoms with E-state index < -0.39 is 8.32 Å². The summed E-state index contributed by atoms with van der Waals surface area (Å²) in [4.78, 5) is 0. The molecule has 0 rings (SSSR count). The first kappa shape index (κ1) is 18.1. The minimum absolute atomic E-state index is 0.790. The molecule has 0 aliphatic rings. The van der Waals surface area contributed by atoms with Crippen LogP contribution < -0.4 is 0 Å². The highest BCUT2D eigenvalue weighted by Gasteiger charge is 2.15. The van der Waals surface area contributed by atoms with E-state index >= 15 is 0 Å². The molecular formula is C15H34O2Si. The van der Waals surface area contributed by atoms with Crippen LogP contribution in [0.15, 0.2) is 0 Å². The lowest BCUT2D eigenvalue weighted by Gasteiger charge is -2.21. The molecule has 0 aromatic heterocycles. The maximum atomic E-state index is 5.97. The van der Waals surface area contributed by atoms with Crippen molar-refractivity contribution >= 4 is 8.32 Å². The Hall–Kier alpha value is 0.137. The van der Waals surface area contributed by atoms with Gasteiger partial charge in [0.25, 0.3) is 0 Å². The number of hydrogen-bond acceptors (Lipinski definition) is 2. The van der Waals surface area contributed by atoms with Gasteiger partial charge in [0.15, 0.2) is 8.32 Å². The molecule has 0 radical (unpaired) electrons. The van der Waals surface area contributed by atoms with Gasteiger partial charge in [-0.3, -0.25) is 0 Å². The molecule has 0 amide bonds. The third-order valence-electron chi connectivity index (χ3n) is 3.26. The maximum absolute atomic E-state index is 5.97. The second-order valence-corrected chi connectivity index (χ2v) is 10.8. The molecule has 0 aliphatic heterocycles. The van der Waals surface area contributed by atoms with Gasteiger partial charge in [-0.05, 0) is 38.4 Å². The van der Waals surface area contributed by atoms with E-state index in [-0.39, 0.29) is 0 Å². The summed E-state index contributed by atoms with van der Waals surface area (Å²) < 4.78 is 11.2. The average molecular weight is 275 g/mol. The summed E-state index contributed by atoms with van der Waals surface area (Å²) in [5.41, 5.74) is 0. The quantitative estimate of drug-likeness (QED) is 0.374. The fourth-order valence-corrected chi connectivity index (χ4v) is 2.84. The average Bonchev–Trinajstić information content (AvgIpc) is 2.29. The predicted octanol–water partition coefficient (Wildman–Crippen LogP) is 4.85. The summed E-state index contributed by atoms with van der Waals surface area (Å²) in [5.74, 6) is 0.790. The van der Waals surface area contributed by atoms with Gasteiger partial charge in [-0.2, -0.15) is 0 Å². The van der Waals surface area contributed by atoms with Crippen molar-refractivity contribution in [2.24, 2.45) is 5.92 Å². The second kappa shape index (κ2) is 11.0. The van der Waals surface area contributed by atoms with E-state index in [1.807, 2.05) is 0 Å². The SMILES string of the molecule is CCCCCCC(CCOC)CCO[Si](C)(C)C. The molecule has 0 saturated carbocycles. The van der Waals surface area contributed by atoms with E-state index in [0.717, 1.165) is 19.1 Å². The first-order valence-corrected chi connectivity index (χ1v) is 11.0. The minimum Gasteiger partial charge on any atom is -0.418 e. The van der Waals surface area contributed by atoms with E-state index in [2.05, 4.69) is 26.6 Å². The zero-order valence-electron chi connectivity index (χ0n) is 13.3. The standard InChI is InChI=1S/C15H34O2Si/c1-6-7-8-9-10-15(11-13-16-2)12-14-17-18(3,4)5/h15H,6-14H2,1-5H3. The molecule has 2 nitrogen and oxygen atoms in total. The summed E-state index contributed by atoms with van der Waals surface area (Å²) >= 11 is 0. The van der Waals surface area contributed by atoms with Gasteiger partial charge in [0.1, 0.15) is 0 Å². The van der Waals surface area contributed by atoms with Gasteiger partial charge in [0, 0.05) is 20.3 Å². The number of hydrogen-bond donors (Lipinski definition) is 0. The molecule has 0 fully saturated rings. The topological polar surface area (TPSA) is 18.5 Å². The zero-order chi connectivity index (χ0) is 13.9. The molecule has 0 aromatic rings. The first-order valence-electron chi connectivity index (χ1n) is 7.62. The Morgan fingerprint density at radius 3 is 2.11 bits per heavy atom. The fourth-order valence-electron chi connectivity index (χ4n) is 2.11. The fraction of sp³-hybridized carbons (Fsp3) is 1.00. The molecule has 1 unspecified atom stereocenters. The van der Waals surface area contributed by atoms with E-state index in [1.165, 1.54) is 44.9 Å². The van der Waals surface area contributed by atoms with Gasteiger partial charge >= 0.3 is 0 Å². The largest absolute Gasteiger partial charge is 0.418 e. The van der Waals surface area contributed by atoms with Crippen molar-refractivity contribution in [2.75, 3.05) is 20.3 Å². The first-order chi connectivity index (χ1) is 8.49. The van der Waals surface area contributed by atoms with Crippen LogP contribution in [0, 0.1) is 5.92 Å². The second-order valence-electron chi connectivity index (χ2n) is 6.25. The van der Waals surface area contributed by atoms with Gasteiger partial charge in [-0.25, -0.2) is 0 Å². The van der Waals surface area contributed by atoms with E-state index in [4.69, 9.17) is 9.16 Å². The summed E-state index contributed by atoms with van der Waals surface area (Å²) in [6, 6.07) is 0. The highest BCUT2D eigenvalue weighted by atomic mass is 28.4. The Morgan fingerprint density at radius 2 is 1.56 bits per heavy atom. The smallest absolute Gasteiger partial charge is 0.183 e. The number of methoxy groups -OCH3 is 1. The molecule has 0 aromatic carbocycles. The molecule has 0 saturated heterocycles. The highest BCUT2D eigenvalue weighted by molar-refractivity contribution is 6.69. The minimum atomic E-state index is -1.33. The maximum Gasteiger partial charge on any atom is 0.183 e. The molecule has 0 bridgehead atoms. The van der Waals surface area contributed by atoms with Crippen LogP contribution in [0.1, 0.15) is 51.9 Å². The van der Waals surface area contributed by atoms with Gasteiger partial charge in [-0.15, -0.1) is 0 Å². The van der Waals surface area contributed by atoms with Crippen LogP contribution in [0.4, 0.5) is 0 Å². The molecule has 0 N–H and O–H groups in total. The van der Waals surface area contributed by atoms with Crippen molar-refractivity contribution < 1.29 is 9.16 Å². The van der Waals surface area contributed by atoms with Gasteiger partial charge in [-0.1, -0.05) is 39.0 Å². The van der Waals surface area contributed by atoms with Crippen LogP contribution in [0.3, 0.4) is 0 Å². The Bertz CT molecular complexity index is 178. The van der Waals surface area contributed by atoms with Crippen LogP contribution >= 0.6 is 0 Å². The molecule has 0 heterocycles. The normalized spacial score (nSPS) is 13.8. The van der Waals surface area contributed by atoms with Crippen molar-refractivity contribution in [3.8, 4) is 0 Å². The lowest BCUT2D eigenvalue weighted by molar-refractivity contribution is 0.163. The predicted molar refractivity (Wildman–Crippen MR) is 82.7 cm³/mol. The number of ether oxygens (including phenoxy) is 1. The lowest BCUT2D eigenvalue weighted by Crippen LogP contribution is -2.26. The summed E-state index contributed by atoms with van der Waals surface area (Å²) in [6.07, 6.45) is 9.20. The van der Waals surface area contributed by atoms with Gasteiger partial charge in [0.2, 0.25) is 0 Å². The van der Waals surface area contributed by atoms with Crippen molar-refractivity contribution in [3.63, 3.8) is 0 Å². The van der Waals surface area contributed by atoms with Crippen molar-refractivity contribution in [3.05, 3.63) is 0 Å². The van der Waals surface area contributed by atoms with Crippen LogP contribution in [0.5, 0.6) is 0 Å². The monoisotopic (exact) mass is 274 g/mol. The van der Waals surface area contributed by atoms with Gasteiger partial charge < -0.3 is 9.16 Å². The van der Waals surface area contributed by atoms with Crippen LogP contribution in [-0.2, 0) is 9.16 Å². The number of unbranched alkanes of at least 4 members (excludes halogenated alkanes) is 3. The molecule has 18 heavy (non-hydrogen) atoms. The molecule has 110 valence electrons. The molecule has 0 spiro atoms. The lowest BCUT2D eigenvalue weighted by atomic mass is 9.95. The third-order valence-corrected chi connectivity index (χ3v) is 4.33. The van der Waals surface area contributed by atoms with E-state index in [0.29, 0.717) is 0 Å². The van der Waals surface area contributed by atoms with Crippen LogP contribution in [0.25, 0.3) is 0 Å². The highest BCUT2D eigenvalue weighted by Crippen LogP contribution is 2.19.